The van der Waals surface area contributed by atoms with Crippen LogP contribution in [-0.2, 0) is 5.60 Å². The van der Waals surface area contributed by atoms with Crippen LogP contribution in [0.25, 0.3) is 0 Å². The fraction of sp³-hybridized carbons (Fsp3) is 0.167. The molecule has 1 aromatic heterocycles. The largest absolute Gasteiger partial charge is 0.466 e. The van der Waals surface area contributed by atoms with Crippen LogP contribution in [0.2, 0.25) is 0 Å². The van der Waals surface area contributed by atoms with Crippen LogP contribution < -0.4 is 0 Å². The van der Waals surface area contributed by atoms with Crippen molar-refractivity contribution < 1.29 is 22.7 Å². The van der Waals surface area contributed by atoms with Gasteiger partial charge in [-0.25, -0.2) is 0 Å². The Balaban J connectivity index is 2.64. The molecule has 0 aliphatic rings. The molecule has 18 heavy (non-hydrogen) atoms. The molecule has 1 N–H and O–H groups in total. The molecular formula is C12H8BrF3O2. The molecular weight excluding hydrogens is 313 g/mol. The van der Waals surface area contributed by atoms with Gasteiger partial charge in [0, 0.05) is 10.0 Å². The van der Waals surface area contributed by atoms with Crippen LogP contribution in [0.5, 0.6) is 0 Å². The van der Waals surface area contributed by atoms with Crippen LogP contribution in [0.4, 0.5) is 13.2 Å². The van der Waals surface area contributed by atoms with Gasteiger partial charge < -0.3 is 9.52 Å². The Kier molecular flexibility index (Phi) is 3.25. The summed E-state index contributed by atoms with van der Waals surface area (Å²) in [5.74, 6) is -0.562. The topological polar surface area (TPSA) is 33.4 Å². The number of rotatable bonds is 2. The molecule has 2 nitrogen and oxygen atoms in total. The number of aliphatic hydroxyl groups is 1. The molecule has 1 aromatic carbocycles. The van der Waals surface area contributed by atoms with Gasteiger partial charge in [0.05, 0.1) is 6.26 Å². The molecule has 96 valence electrons. The lowest BCUT2D eigenvalue weighted by Crippen LogP contribution is -2.43. The summed E-state index contributed by atoms with van der Waals surface area (Å²) >= 11 is 3.08. The lowest BCUT2D eigenvalue weighted by atomic mass is 9.90. The maximum atomic E-state index is 13.2. The van der Waals surface area contributed by atoms with Gasteiger partial charge in [0.15, 0.2) is 0 Å². The Labute approximate surface area is 109 Å². The number of furan rings is 1. The fourth-order valence-corrected chi connectivity index (χ4v) is 2.04. The fourth-order valence-electron chi connectivity index (χ4n) is 1.64. The average Bonchev–Trinajstić information content (AvgIpc) is 2.80. The molecule has 2 aromatic rings. The van der Waals surface area contributed by atoms with Crippen molar-refractivity contribution in [2.24, 2.45) is 0 Å². The van der Waals surface area contributed by atoms with E-state index in [1.807, 2.05) is 0 Å². The monoisotopic (exact) mass is 320 g/mol. The van der Waals surface area contributed by atoms with Crippen LogP contribution in [0, 0.1) is 0 Å². The third-order valence-electron chi connectivity index (χ3n) is 2.53. The van der Waals surface area contributed by atoms with Crippen molar-refractivity contribution in [1.82, 2.24) is 0 Å². The summed E-state index contributed by atoms with van der Waals surface area (Å²) in [6.07, 6.45) is -3.80. The minimum absolute atomic E-state index is 0.306. The van der Waals surface area contributed by atoms with Crippen LogP contribution in [0.3, 0.4) is 0 Å². The summed E-state index contributed by atoms with van der Waals surface area (Å²) in [6.45, 7) is 0. The van der Waals surface area contributed by atoms with Gasteiger partial charge in [-0.3, -0.25) is 0 Å². The molecule has 1 heterocycles. The Hall–Kier alpha value is -1.27. The van der Waals surface area contributed by atoms with Gasteiger partial charge >= 0.3 is 6.18 Å². The van der Waals surface area contributed by atoms with E-state index in [-0.39, 0.29) is 5.56 Å². The first kappa shape index (κ1) is 13.2. The highest BCUT2D eigenvalue weighted by molar-refractivity contribution is 9.10. The van der Waals surface area contributed by atoms with Crippen molar-refractivity contribution in [3.05, 3.63) is 58.5 Å². The molecule has 0 amide bonds. The summed E-state index contributed by atoms with van der Waals surface area (Å²) in [4.78, 5) is 0. The summed E-state index contributed by atoms with van der Waals surface area (Å²) in [6, 6.07) is 7.77. The van der Waals surface area contributed by atoms with E-state index < -0.39 is 17.5 Å². The SMILES string of the molecule is OC(c1cccc(Br)c1)(c1ccco1)C(F)(F)F. The van der Waals surface area contributed by atoms with E-state index in [9.17, 15) is 18.3 Å². The highest BCUT2D eigenvalue weighted by atomic mass is 79.9. The number of alkyl halides is 3. The Morgan fingerprint density at radius 3 is 2.33 bits per heavy atom. The molecule has 0 saturated heterocycles. The van der Waals surface area contributed by atoms with Crippen molar-refractivity contribution in [2.45, 2.75) is 11.8 Å². The lowest BCUT2D eigenvalue weighted by Gasteiger charge is -2.29. The molecule has 0 saturated carbocycles. The van der Waals surface area contributed by atoms with Crippen molar-refractivity contribution in [1.29, 1.82) is 0 Å². The van der Waals surface area contributed by atoms with Gasteiger partial charge in [-0.1, -0.05) is 28.1 Å². The Bertz CT molecular complexity index is 537. The zero-order chi connectivity index (χ0) is 13.4. The molecule has 0 fully saturated rings. The van der Waals surface area contributed by atoms with Crippen LogP contribution >= 0.6 is 15.9 Å². The molecule has 0 spiro atoms. The summed E-state index contributed by atoms with van der Waals surface area (Å²) in [5, 5.41) is 10.1. The van der Waals surface area contributed by atoms with Gasteiger partial charge in [0.2, 0.25) is 5.60 Å². The standard InChI is InChI=1S/C12H8BrF3O2/c13-9-4-1-3-8(7-9)11(17,12(14,15)16)10-5-2-6-18-10/h1-7,17H. The average molecular weight is 321 g/mol. The molecule has 0 radical (unpaired) electrons. The first-order chi connectivity index (χ1) is 8.35. The van der Waals surface area contributed by atoms with Gasteiger partial charge in [-0.05, 0) is 24.3 Å². The molecule has 1 unspecified atom stereocenters. The predicted molar refractivity (Wildman–Crippen MR) is 61.9 cm³/mol. The molecule has 6 heteroatoms. The molecule has 1 atom stereocenters. The summed E-state index contributed by atoms with van der Waals surface area (Å²) < 4.78 is 44.7. The first-order valence-corrected chi connectivity index (χ1v) is 5.74. The van der Waals surface area contributed by atoms with E-state index in [1.165, 1.54) is 24.3 Å². The highest BCUT2D eigenvalue weighted by Crippen LogP contribution is 2.44. The van der Waals surface area contributed by atoms with Crippen molar-refractivity contribution in [2.75, 3.05) is 0 Å². The van der Waals surface area contributed by atoms with E-state index in [0.29, 0.717) is 4.47 Å². The molecule has 2 rings (SSSR count). The maximum absolute atomic E-state index is 13.2. The Morgan fingerprint density at radius 1 is 1.11 bits per heavy atom. The van der Waals surface area contributed by atoms with Gasteiger partial charge in [0.25, 0.3) is 0 Å². The van der Waals surface area contributed by atoms with Crippen LogP contribution in [0.15, 0.2) is 51.6 Å². The van der Waals surface area contributed by atoms with Crippen molar-refractivity contribution in [3.63, 3.8) is 0 Å². The van der Waals surface area contributed by atoms with Crippen LogP contribution in [-0.4, -0.2) is 11.3 Å². The normalized spacial score (nSPS) is 15.4. The number of halogens is 4. The molecule has 0 aliphatic heterocycles. The number of hydrogen-bond donors (Lipinski definition) is 1. The van der Waals surface area contributed by atoms with Crippen molar-refractivity contribution in [3.8, 4) is 0 Å². The third kappa shape index (κ3) is 2.06. The summed E-state index contributed by atoms with van der Waals surface area (Å²) in [5.41, 5.74) is -3.46. The van der Waals surface area contributed by atoms with Crippen molar-refractivity contribution >= 4 is 15.9 Å². The highest BCUT2D eigenvalue weighted by Gasteiger charge is 2.58. The van der Waals surface area contributed by atoms with Gasteiger partial charge in [-0.15, -0.1) is 0 Å². The minimum Gasteiger partial charge on any atom is -0.466 e. The van der Waals surface area contributed by atoms with E-state index >= 15 is 0 Å². The zero-order valence-electron chi connectivity index (χ0n) is 8.91. The number of hydrogen-bond acceptors (Lipinski definition) is 2. The smallest absolute Gasteiger partial charge is 0.428 e. The Morgan fingerprint density at radius 2 is 1.83 bits per heavy atom. The molecule has 0 aliphatic carbocycles. The maximum Gasteiger partial charge on any atom is 0.428 e. The van der Waals surface area contributed by atoms with E-state index in [2.05, 4.69) is 15.9 Å². The number of benzene rings is 1. The molecule has 0 bridgehead atoms. The second-order valence-electron chi connectivity index (χ2n) is 3.70. The zero-order valence-corrected chi connectivity index (χ0v) is 10.5. The second-order valence-corrected chi connectivity index (χ2v) is 4.61. The quantitative estimate of drug-likeness (QED) is 0.912. The second kappa shape index (κ2) is 4.44. The lowest BCUT2D eigenvalue weighted by molar-refractivity contribution is -0.254. The van der Waals surface area contributed by atoms with E-state index in [4.69, 9.17) is 4.42 Å². The predicted octanol–water partition coefficient (Wildman–Crippen LogP) is 3.84. The van der Waals surface area contributed by atoms with Gasteiger partial charge in [-0.2, -0.15) is 13.2 Å². The van der Waals surface area contributed by atoms with Gasteiger partial charge in [0.1, 0.15) is 5.76 Å². The van der Waals surface area contributed by atoms with Crippen LogP contribution in [0.1, 0.15) is 11.3 Å². The minimum atomic E-state index is -4.88. The first-order valence-electron chi connectivity index (χ1n) is 4.95. The summed E-state index contributed by atoms with van der Waals surface area (Å²) in [7, 11) is 0. The third-order valence-corrected chi connectivity index (χ3v) is 3.02. The van der Waals surface area contributed by atoms with E-state index in [0.717, 1.165) is 12.3 Å². The van der Waals surface area contributed by atoms with E-state index in [1.54, 1.807) is 6.07 Å².